The van der Waals surface area contributed by atoms with Crippen molar-refractivity contribution in [2.45, 2.75) is 6.92 Å². The van der Waals surface area contributed by atoms with Gasteiger partial charge in [0.05, 0.1) is 6.61 Å². The van der Waals surface area contributed by atoms with Gasteiger partial charge in [-0.2, -0.15) is 0 Å². The van der Waals surface area contributed by atoms with E-state index >= 15 is 0 Å². The van der Waals surface area contributed by atoms with Crippen LogP contribution >= 0.6 is 0 Å². The smallest absolute Gasteiger partial charge is 0.332 e. The normalized spacial score (nSPS) is 10.4. The van der Waals surface area contributed by atoms with Gasteiger partial charge >= 0.3 is 5.97 Å². The molecule has 0 aromatic heterocycles. The Morgan fingerprint density at radius 2 is 1.85 bits per heavy atom. The van der Waals surface area contributed by atoms with Crippen molar-refractivity contribution in [2.75, 3.05) is 11.9 Å². The number of rotatable bonds is 5. The summed E-state index contributed by atoms with van der Waals surface area (Å²) in [5, 5.41) is 3.06. The maximum absolute atomic E-state index is 11.2. The van der Waals surface area contributed by atoms with Gasteiger partial charge in [-0.05, 0) is 30.2 Å². The van der Waals surface area contributed by atoms with Crippen molar-refractivity contribution in [1.82, 2.24) is 0 Å². The highest BCUT2D eigenvalue weighted by atomic mass is 16.5. The van der Waals surface area contributed by atoms with E-state index in [1.54, 1.807) is 13.1 Å². The highest BCUT2D eigenvalue weighted by Gasteiger charge is 1.98. The van der Waals surface area contributed by atoms with E-state index < -0.39 is 0 Å². The molecular formula is C17H17NO2. The predicted molar refractivity (Wildman–Crippen MR) is 81.3 cm³/mol. The number of ether oxygens (including phenoxy) is 1. The molecule has 20 heavy (non-hydrogen) atoms. The Hall–Kier alpha value is -2.55. The standard InChI is InChI=1S/C17H17NO2/c1-2-20-17(19)11-12-18-16-10-6-9-15(13-16)14-7-4-3-5-8-14/h3-13,18H,2H2,1H3/b12-11-. The molecule has 2 rings (SSSR count). The van der Waals surface area contributed by atoms with Crippen LogP contribution in [0.4, 0.5) is 5.69 Å². The van der Waals surface area contributed by atoms with E-state index in [1.807, 2.05) is 36.4 Å². The second kappa shape index (κ2) is 7.14. The van der Waals surface area contributed by atoms with E-state index in [0.717, 1.165) is 16.8 Å². The van der Waals surface area contributed by atoms with Crippen molar-refractivity contribution in [3.05, 3.63) is 66.9 Å². The second-order valence-electron chi connectivity index (χ2n) is 4.18. The summed E-state index contributed by atoms with van der Waals surface area (Å²) >= 11 is 0. The Morgan fingerprint density at radius 1 is 1.10 bits per heavy atom. The fourth-order valence-electron chi connectivity index (χ4n) is 1.82. The Morgan fingerprint density at radius 3 is 2.60 bits per heavy atom. The van der Waals surface area contributed by atoms with Crippen molar-refractivity contribution in [1.29, 1.82) is 0 Å². The Balaban J connectivity index is 2.05. The van der Waals surface area contributed by atoms with E-state index in [9.17, 15) is 4.79 Å². The van der Waals surface area contributed by atoms with Gasteiger partial charge in [-0.25, -0.2) is 4.79 Å². The highest BCUT2D eigenvalue weighted by Crippen LogP contribution is 2.22. The number of carbonyl (C=O) groups is 1. The average molecular weight is 267 g/mol. The molecule has 0 aliphatic carbocycles. The van der Waals surface area contributed by atoms with Crippen molar-refractivity contribution in [2.24, 2.45) is 0 Å². The molecule has 0 bridgehead atoms. The first-order valence-electron chi connectivity index (χ1n) is 6.55. The number of anilines is 1. The van der Waals surface area contributed by atoms with Gasteiger partial charge in [-0.1, -0.05) is 42.5 Å². The lowest BCUT2D eigenvalue weighted by Gasteiger charge is -2.05. The largest absolute Gasteiger partial charge is 0.463 e. The SMILES string of the molecule is CCOC(=O)/C=C\Nc1cccc(-c2ccccc2)c1. The van der Waals surface area contributed by atoms with Crippen LogP contribution in [0.2, 0.25) is 0 Å². The first-order valence-corrected chi connectivity index (χ1v) is 6.55. The molecule has 3 heteroatoms. The molecule has 0 saturated heterocycles. The van der Waals surface area contributed by atoms with Gasteiger partial charge in [0.15, 0.2) is 0 Å². The zero-order valence-corrected chi connectivity index (χ0v) is 11.4. The van der Waals surface area contributed by atoms with Gasteiger partial charge in [0.25, 0.3) is 0 Å². The lowest BCUT2D eigenvalue weighted by molar-refractivity contribution is -0.137. The molecule has 1 N–H and O–H groups in total. The van der Waals surface area contributed by atoms with E-state index in [2.05, 4.69) is 23.5 Å². The van der Waals surface area contributed by atoms with E-state index in [0.29, 0.717) is 6.61 Å². The van der Waals surface area contributed by atoms with Crippen LogP contribution in [-0.2, 0) is 9.53 Å². The second-order valence-corrected chi connectivity index (χ2v) is 4.18. The first-order chi connectivity index (χ1) is 9.79. The summed E-state index contributed by atoms with van der Waals surface area (Å²) in [6.07, 6.45) is 2.96. The molecule has 0 fully saturated rings. The molecule has 0 unspecified atom stereocenters. The third kappa shape index (κ3) is 3.99. The molecule has 0 heterocycles. The minimum atomic E-state index is -0.348. The molecule has 0 aliphatic heterocycles. The molecule has 2 aromatic rings. The minimum absolute atomic E-state index is 0.348. The van der Waals surface area contributed by atoms with Crippen LogP contribution in [0.5, 0.6) is 0 Å². The van der Waals surface area contributed by atoms with Gasteiger partial charge in [-0.15, -0.1) is 0 Å². The van der Waals surface area contributed by atoms with Gasteiger partial charge in [-0.3, -0.25) is 0 Å². The number of benzene rings is 2. The van der Waals surface area contributed by atoms with E-state index in [-0.39, 0.29) is 5.97 Å². The van der Waals surface area contributed by atoms with Gasteiger partial charge in [0.1, 0.15) is 0 Å². The lowest BCUT2D eigenvalue weighted by Crippen LogP contribution is -2.00. The summed E-state index contributed by atoms with van der Waals surface area (Å²) in [6, 6.07) is 18.1. The van der Waals surface area contributed by atoms with E-state index in [1.165, 1.54) is 6.08 Å². The topological polar surface area (TPSA) is 38.3 Å². The molecule has 0 radical (unpaired) electrons. The molecule has 0 amide bonds. The third-order valence-electron chi connectivity index (χ3n) is 2.73. The van der Waals surface area contributed by atoms with Crippen molar-refractivity contribution in [3.8, 4) is 11.1 Å². The van der Waals surface area contributed by atoms with Crippen molar-refractivity contribution in [3.63, 3.8) is 0 Å². The molecular weight excluding hydrogens is 250 g/mol. The third-order valence-corrected chi connectivity index (χ3v) is 2.73. The van der Waals surface area contributed by atoms with Crippen LogP contribution in [0.3, 0.4) is 0 Å². The van der Waals surface area contributed by atoms with Crippen LogP contribution < -0.4 is 5.32 Å². The molecule has 3 nitrogen and oxygen atoms in total. The first kappa shape index (κ1) is 13.9. The molecule has 0 spiro atoms. The van der Waals surface area contributed by atoms with Crippen LogP contribution in [-0.4, -0.2) is 12.6 Å². The molecule has 0 saturated carbocycles. The monoisotopic (exact) mass is 267 g/mol. The van der Waals surface area contributed by atoms with Crippen LogP contribution in [0.15, 0.2) is 66.9 Å². The van der Waals surface area contributed by atoms with E-state index in [4.69, 9.17) is 4.74 Å². The summed E-state index contributed by atoms with van der Waals surface area (Å²) in [4.78, 5) is 11.2. The maximum atomic E-state index is 11.2. The number of hydrogen-bond donors (Lipinski definition) is 1. The van der Waals surface area contributed by atoms with Gasteiger partial charge in [0, 0.05) is 18.0 Å². The average Bonchev–Trinajstić information content (AvgIpc) is 2.49. The van der Waals surface area contributed by atoms with Crippen LogP contribution in [0.1, 0.15) is 6.92 Å². The molecule has 2 aromatic carbocycles. The maximum Gasteiger partial charge on any atom is 0.332 e. The number of hydrogen-bond acceptors (Lipinski definition) is 3. The zero-order valence-electron chi connectivity index (χ0n) is 11.4. The fraction of sp³-hybridized carbons (Fsp3) is 0.118. The summed E-state index contributed by atoms with van der Waals surface area (Å²) < 4.78 is 4.81. The molecule has 0 atom stereocenters. The van der Waals surface area contributed by atoms with Crippen molar-refractivity contribution >= 4 is 11.7 Å². The fourth-order valence-corrected chi connectivity index (χ4v) is 1.82. The van der Waals surface area contributed by atoms with Gasteiger partial charge in [0.2, 0.25) is 0 Å². The quantitative estimate of drug-likeness (QED) is 0.660. The minimum Gasteiger partial charge on any atom is -0.463 e. The summed E-state index contributed by atoms with van der Waals surface area (Å²) in [6.45, 7) is 2.16. The molecule has 102 valence electrons. The zero-order chi connectivity index (χ0) is 14.2. The van der Waals surface area contributed by atoms with Crippen LogP contribution in [0.25, 0.3) is 11.1 Å². The summed E-state index contributed by atoms with van der Waals surface area (Å²) in [5.41, 5.74) is 3.21. The Kier molecular flexibility index (Phi) is 4.95. The van der Waals surface area contributed by atoms with Crippen LogP contribution in [0, 0.1) is 0 Å². The lowest BCUT2D eigenvalue weighted by atomic mass is 10.1. The Labute approximate surface area is 118 Å². The molecule has 0 aliphatic rings. The number of nitrogens with one attached hydrogen (secondary N) is 1. The Bertz CT molecular complexity index is 591. The highest BCUT2D eigenvalue weighted by molar-refractivity contribution is 5.82. The predicted octanol–water partition coefficient (Wildman–Crippen LogP) is 3.84. The van der Waals surface area contributed by atoms with Gasteiger partial charge < -0.3 is 10.1 Å². The van der Waals surface area contributed by atoms with Crippen molar-refractivity contribution < 1.29 is 9.53 Å². The summed E-state index contributed by atoms with van der Waals surface area (Å²) in [7, 11) is 0. The number of esters is 1. The number of carbonyl (C=O) groups excluding carboxylic acids is 1. The summed E-state index contributed by atoms with van der Waals surface area (Å²) in [5.74, 6) is -0.348.